The smallest absolute Gasteiger partial charge is 0.203 e. The minimum Gasteiger partial charge on any atom is -0.493 e. The first-order valence-corrected chi connectivity index (χ1v) is 8.37. The van der Waals surface area contributed by atoms with Crippen LogP contribution in [0.4, 0.5) is 5.69 Å². The monoisotopic (exact) mass is 356 g/mol. The standard InChI is InChI=1S/C20H24N2O4/c1-22(2)15-8-6-13(7-9-15)17-12-16(21-26-17)14-10-18(23-3)20(25-5)19(11-14)24-4/h6-11,17H,12H2,1-5H3. The summed E-state index contributed by atoms with van der Waals surface area (Å²) in [4.78, 5) is 7.74. The van der Waals surface area contributed by atoms with Crippen LogP contribution in [-0.2, 0) is 4.84 Å². The number of anilines is 1. The van der Waals surface area contributed by atoms with Crippen LogP contribution in [0, 0.1) is 0 Å². The Balaban J connectivity index is 1.82. The van der Waals surface area contributed by atoms with E-state index < -0.39 is 0 Å². The molecule has 3 rings (SSSR count). The minimum absolute atomic E-state index is 0.0969. The van der Waals surface area contributed by atoms with Crippen LogP contribution >= 0.6 is 0 Å². The zero-order valence-corrected chi connectivity index (χ0v) is 15.8. The fourth-order valence-corrected chi connectivity index (χ4v) is 2.96. The Hall–Kier alpha value is -2.89. The molecule has 1 heterocycles. The fourth-order valence-electron chi connectivity index (χ4n) is 2.96. The molecule has 0 spiro atoms. The lowest BCUT2D eigenvalue weighted by Gasteiger charge is -2.15. The number of benzene rings is 2. The van der Waals surface area contributed by atoms with Crippen LogP contribution in [0.1, 0.15) is 23.7 Å². The van der Waals surface area contributed by atoms with Gasteiger partial charge in [-0.2, -0.15) is 0 Å². The third-order valence-corrected chi connectivity index (χ3v) is 4.45. The summed E-state index contributed by atoms with van der Waals surface area (Å²) < 4.78 is 16.2. The highest BCUT2D eigenvalue weighted by molar-refractivity contribution is 6.02. The molecule has 1 aliphatic heterocycles. The Labute approximate surface area is 153 Å². The SMILES string of the molecule is COc1cc(C2=NOC(c3ccc(N(C)C)cc3)C2)cc(OC)c1OC. The first kappa shape index (κ1) is 17.9. The number of hydrogen-bond donors (Lipinski definition) is 0. The predicted octanol–water partition coefficient (Wildman–Crippen LogP) is 3.64. The first-order valence-electron chi connectivity index (χ1n) is 8.37. The Morgan fingerprint density at radius 3 is 2.08 bits per heavy atom. The van der Waals surface area contributed by atoms with Gasteiger partial charge in [0.25, 0.3) is 0 Å². The molecule has 138 valence electrons. The largest absolute Gasteiger partial charge is 0.493 e. The van der Waals surface area contributed by atoms with Gasteiger partial charge in [0.05, 0.1) is 27.0 Å². The Kier molecular flexibility index (Phi) is 5.21. The maximum absolute atomic E-state index is 5.67. The van der Waals surface area contributed by atoms with Crippen molar-refractivity contribution < 1.29 is 19.0 Å². The normalized spacial score (nSPS) is 15.9. The molecule has 26 heavy (non-hydrogen) atoms. The van der Waals surface area contributed by atoms with Crippen molar-refractivity contribution in [3.63, 3.8) is 0 Å². The molecule has 0 saturated heterocycles. The van der Waals surface area contributed by atoms with Crippen molar-refractivity contribution in [1.29, 1.82) is 0 Å². The average molecular weight is 356 g/mol. The number of oxime groups is 1. The van der Waals surface area contributed by atoms with Crippen molar-refractivity contribution in [1.82, 2.24) is 0 Å². The summed E-state index contributed by atoms with van der Waals surface area (Å²) >= 11 is 0. The van der Waals surface area contributed by atoms with Crippen molar-refractivity contribution in [3.05, 3.63) is 47.5 Å². The fraction of sp³-hybridized carbons (Fsp3) is 0.350. The van der Waals surface area contributed by atoms with Gasteiger partial charge >= 0.3 is 0 Å². The van der Waals surface area contributed by atoms with E-state index in [0.717, 1.165) is 22.5 Å². The molecule has 0 fully saturated rings. The molecule has 2 aromatic carbocycles. The van der Waals surface area contributed by atoms with Crippen LogP contribution in [0.3, 0.4) is 0 Å². The maximum Gasteiger partial charge on any atom is 0.203 e. The first-order chi connectivity index (χ1) is 12.6. The van der Waals surface area contributed by atoms with Crippen LogP contribution in [0.2, 0.25) is 0 Å². The van der Waals surface area contributed by atoms with Gasteiger partial charge in [-0.05, 0) is 29.8 Å². The van der Waals surface area contributed by atoms with Crippen LogP contribution in [-0.4, -0.2) is 41.1 Å². The summed E-state index contributed by atoms with van der Waals surface area (Å²) in [6, 6.07) is 12.1. The van der Waals surface area contributed by atoms with Gasteiger partial charge in [0.1, 0.15) is 0 Å². The van der Waals surface area contributed by atoms with Gasteiger partial charge in [0.2, 0.25) is 5.75 Å². The molecule has 2 aromatic rings. The Bertz CT molecular complexity index is 775. The summed E-state index contributed by atoms with van der Waals surface area (Å²) in [6.07, 6.45) is 0.584. The summed E-state index contributed by atoms with van der Waals surface area (Å²) in [7, 11) is 8.83. The van der Waals surface area contributed by atoms with E-state index in [0.29, 0.717) is 23.7 Å². The van der Waals surface area contributed by atoms with E-state index in [4.69, 9.17) is 19.0 Å². The molecule has 1 aliphatic rings. The molecule has 0 bridgehead atoms. The van der Waals surface area contributed by atoms with Gasteiger partial charge in [-0.1, -0.05) is 17.3 Å². The number of nitrogens with zero attached hydrogens (tertiary/aromatic N) is 2. The number of ether oxygens (including phenoxy) is 3. The maximum atomic E-state index is 5.67. The molecule has 0 amide bonds. The molecule has 6 heteroatoms. The van der Waals surface area contributed by atoms with E-state index in [2.05, 4.69) is 34.3 Å². The average Bonchev–Trinajstić information content (AvgIpc) is 3.17. The van der Waals surface area contributed by atoms with Crippen molar-refractivity contribution in [2.24, 2.45) is 5.16 Å². The van der Waals surface area contributed by atoms with Crippen molar-refractivity contribution >= 4 is 11.4 Å². The quantitative estimate of drug-likeness (QED) is 0.791. The van der Waals surface area contributed by atoms with E-state index in [9.17, 15) is 0 Å². The van der Waals surface area contributed by atoms with Crippen molar-refractivity contribution in [3.8, 4) is 17.2 Å². The minimum atomic E-state index is -0.0969. The van der Waals surface area contributed by atoms with Crippen LogP contribution in [0.25, 0.3) is 0 Å². The zero-order chi connectivity index (χ0) is 18.7. The highest BCUT2D eigenvalue weighted by atomic mass is 16.6. The third-order valence-electron chi connectivity index (χ3n) is 4.45. The van der Waals surface area contributed by atoms with E-state index in [-0.39, 0.29) is 6.10 Å². The van der Waals surface area contributed by atoms with Gasteiger partial charge in [-0.15, -0.1) is 0 Å². The lowest BCUT2D eigenvalue weighted by Crippen LogP contribution is -2.08. The van der Waals surface area contributed by atoms with Crippen molar-refractivity contribution in [2.45, 2.75) is 12.5 Å². The van der Waals surface area contributed by atoms with E-state index in [1.807, 2.05) is 26.2 Å². The molecule has 1 atom stereocenters. The Morgan fingerprint density at radius 1 is 0.962 bits per heavy atom. The van der Waals surface area contributed by atoms with E-state index in [1.165, 1.54) is 0 Å². The molecule has 1 unspecified atom stereocenters. The number of methoxy groups -OCH3 is 3. The summed E-state index contributed by atoms with van der Waals surface area (Å²) in [5, 5.41) is 4.28. The lowest BCUT2D eigenvalue weighted by molar-refractivity contribution is 0.0857. The van der Waals surface area contributed by atoms with Gasteiger partial charge in [-0.3, -0.25) is 0 Å². The number of rotatable bonds is 6. The highest BCUT2D eigenvalue weighted by Gasteiger charge is 2.26. The van der Waals surface area contributed by atoms with Gasteiger partial charge in [0.15, 0.2) is 17.6 Å². The molecular weight excluding hydrogens is 332 g/mol. The third kappa shape index (κ3) is 3.40. The van der Waals surface area contributed by atoms with Crippen LogP contribution < -0.4 is 19.1 Å². The summed E-state index contributed by atoms with van der Waals surface area (Å²) in [6.45, 7) is 0. The van der Waals surface area contributed by atoms with Crippen LogP contribution in [0.15, 0.2) is 41.6 Å². The molecule has 6 nitrogen and oxygen atoms in total. The second kappa shape index (κ2) is 7.56. The Morgan fingerprint density at radius 2 is 1.58 bits per heavy atom. The van der Waals surface area contributed by atoms with Crippen LogP contribution in [0.5, 0.6) is 17.2 Å². The summed E-state index contributed by atoms with van der Waals surface area (Å²) in [5.41, 5.74) is 4.00. The number of hydrogen-bond acceptors (Lipinski definition) is 6. The van der Waals surface area contributed by atoms with Gasteiger partial charge in [0, 0.05) is 31.8 Å². The zero-order valence-electron chi connectivity index (χ0n) is 15.8. The van der Waals surface area contributed by atoms with Gasteiger partial charge in [-0.25, -0.2) is 0 Å². The molecular formula is C20H24N2O4. The predicted molar refractivity (Wildman–Crippen MR) is 102 cm³/mol. The molecule has 0 aliphatic carbocycles. The highest BCUT2D eigenvalue weighted by Crippen LogP contribution is 2.40. The topological polar surface area (TPSA) is 52.5 Å². The molecule has 0 aromatic heterocycles. The molecule has 0 radical (unpaired) electrons. The van der Waals surface area contributed by atoms with E-state index in [1.54, 1.807) is 21.3 Å². The van der Waals surface area contributed by atoms with E-state index >= 15 is 0 Å². The molecule has 0 N–H and O–H groups in total. The molecule has 0 saturated carbocycles. The van der Waals surface area contributed by atoms with Gasteiger partial charge < -0.3 is 23.9 Å². The van der Waals surface area contributed by atoms with Crippen molar-refractivity contribution in [2.75, 3.05) is 40.3 Å². The second-order valence-corrected chi connectivity index (χ2v) is 6.24. The lowest BCUT2D eigenvalue weighted by atomic mass is 9.99. The summed E-state index contributed by atoms with van der Waals surface area (Å²) in [5.74, 6) is 1.76. The second-order valence-electron chi connectivity index (χ2n) is 6.24.